The van der Waals surface area contributed by atoms with Gasteiger partial charge in [0.25, 0.3) is 0 Å². The Morgan fingerprint density at radius 2 is 2.27 bits per heavy atom. The monoisotopic (exact) mass is 472 g/mol. The molecule has 6 nitrogen and oxygen atoms in total. The highest BCUT2D eigenvalue weighted by Gasteiger charge is 2.33. The smallest absolute Gasteiger partial charge is 0.237 e. The molecule has 0 fully saturated rings. The third kappa shape index (κ3) is 7.40. The Kier molecular flexibility index (Phi) is 9.94. The Balaban J connectivity index is 1.67. The SMILES string of the molecule is C=CCOC[C@H](O)CN(CCC)CC(=O)N1CCc2sccc2[C@@H]1COc1cccc(C)c1. The van der Waals surface area contributed by atoms with Crippen LogP contribution in [0.4, 0.5) is 0 Å². The van der Waals surface area contributed by atoms with E-state index in [2.05, 4.69) is 24.9 Å². The fraction of sp³-hybridized carbons (Fsp3) is 0.500. The molecule has 180 valence electrons. The summed E-state index contributed by atoms with van der Waals surface area (Å²) in [6.07, 6.45) is 2.79. The summed E-state index contributed by atoms with van der Waals surface area (Å²) in [6, 6.07) is 10.0. The lowest BCUT2D eigenvalue weighted by atomic mass is 10.0. The van der Waals surface area contributed by atoms with Gasteiger partial charge in [-0.3, -0.25) is 9.69 Å². The van der Waals surface area contributed by atoms with Crippen LogP contribution in [0.25, 0.3) is 0 Å². The first-order chi connectivity index (χ1) is 16.0. The summed E-state index contributed by atoms with van der Waals surface area (Å²) in [4.78, 5) is 18.7. The summed E-state index contributed by atoms with van der Waals surface area (Å²) in [7, 11) is 0. The molecule has 1 aliphatic heterocycles. The second kappa shape index (κ2) is 12.9. The minimum absolute atomic E-state index is 0.0670. The quantitative estimate of drug-likeness (QED) is 0.355. The van der Waals surface area contributed by atoms with Gasteiger partial charge in [-0.2, -0.15) is 0 Å². The molecule has 0 saturated carbocycles. The largest absolute Gasteiger partial charge is 0.491 e. The van der Waals surface area contributed by atoms with Crippen LogP contribution in [0.1, 0.15) is 35.4 Å². The minimum atomic E-state index is -0.644. The molecular formula is C26H36N2O4S. The van der Waals surface area contributed by atoms with Gasteiger partial charge in [-0.1, -0.05) is 25.1 Å². The zero-order valence-electron chi connectivity index (χ0n) is 19.7. The zero-order valence-corrected chi connectivity index (χ0v) is 20.6. The summed E-state index contributed by atoms with van der Waals surface area (Å²) in [6.45, 7) is 10.9. The van der Waals surface area contributed by atoms with Crippen molar-refractivity contribution in [2.45, 2.75) is 38.8 Å². The van der Waals surface area contributed by atoms with Crippen LogP contribution in [-0.4, -0.2) is 72.9 Å². The number of ether oxygens (including phenoxy) is 2. The average molecular weight is 473 g/mol. The molecule has 2 aromatic rings. The van der Waals surface area contributed by atoms with Crippen LogP contribution in [-0.2, 0) is 16.0 Å². The molecule has 0 bridgehead atoms. The molecule has 0 radical (unpaired) electrons. The minimum Gasteiger partial charge on any atom is -0.491 e. The lowest BCUT2D eigenvalue weighted by molar-refractivity contribution is -0.136. The van der Waals surface area contributed by atoms with E-state index in [0.29, 0.717) is 26.3 Å². The maximum absolute atomic E-state index is 13.4. The van der Waals surface area contributed by atoms with E-state index in [0.717, 1.165) is 30.7 Å². The van der Waals surface area contributed by atoms with Crippen LogP contribution >= 0.6 is 11.3 Å². The normalized spacial score (nSPS) is 16.5. The molecule has 1 aliphatic rings. The number of rotatable bonds is 13. The van der Waals surface area contributed by atoms with E-state index in [4.69, 9.17) is 9.47 Å². The molecule has 1 aromatic carbocycles. The average Bonchev–Trinajstić information content (AvgIpc) is 3.27. The van der Waals surface area contributed by atoms with Crippen molar-refractivity contribution in [2.24, 2.45) is 0 Å². The molecular weight excluding hydrogens is 436 g/mol. The van der Waals surface area contributed by atoms with Crippen molar-refractivity contribution in [1.82, 2.24) is 9.80 Å². The number of carbonyl (C=O) groups excluding carboxylic acids is 1. The first kappa shape index (κ1) is 25.4. The van der Waals surface area contributed by atoms with Crippen LogP contribution in [0, 0.1) is 6.92 Å². The predicted octanol–water partition coefficient (Wildman–Crippen LogP) is 3.84. The van der Waals surface area contributed by atoms with Crippen molar-refractivity contribution >= 4 is 17.2 Å². The van der Waals surface area contributed by atoms with Crippen molar-refractivity contribution in [1.29, 1.82) is 0 Å². The summed E-state index contributed by atoms with van der Waals surface area (Å²) >= 11 is 1.75. The number of hydrogen-bond acceptors (Lipinski definition) is 6. The number of aryl methyl sites for hydroxylation is 1. The lowest BCUT2D eigenvalue weighted by Gasteiger charge is -2.37. The maximum atomic E-state index is 13.4. The van der Waals surface area contributed by atoms with Crippen molar-refractivity contribution < 1.29 is 19.4 Å². The number of aliphatic hydroxyl groups is 1. The first-order valence-electron chi connectivity index (χ1n) is 11.7. The van der Waals surface area contributed by atoms with Crippen LogP contribution in [0.3, 0.4) is 0 Å². The number of benzene rings is 1. The Morgan fingerprint density at radius 1 is 1.42 bits per heavy atom. The Bertz CT molecular complexity index is 900. The Hall–Kier alpha value is -2.19. The van der Waals surface area contributed by atoms with Gasteiger partial charge in [-0.15, -0.1) is 17.9 Å². The van der Waals surface area contributed by atoms with Gasteiger partial charge < -0.3 is 19.5 Å². The standard InChI is InChI=1S/C26H36N2O4S/c1-4-11-27(16-21(29)18-31-13-5-2)17-26(30)28-12-9-25-23(10-14-33-25)24(28)19-32-22-8-6-7-20(3)15-22/h5-8,10,14-15,21,24,29H,2,4,9,11-13,16-19H2,1,3H3/t21-,24+/m1/s1. The van der Waals surface area contributed by atoms with Gasteiger partial charge in [0.2, 0.25) is 5.91 Å². The van der Waals surface area contributed by atoms with Gasteiger partial charge >= 0.3 is 0 Å². The zero-order chi connectivity index (χ0) is 23.6. The number of aliphatic hydroxyl groups excluding tert-OH is 1. The van der Waals surface area contributed by atoms with E-state index in [1.807, 2.05) is 41.0 Å². The number of hydrogen-bond donors (Lipinski definition) is 1. The van der Waals surface area contributed by atoms with Crippen molar-refractivity contribution in [3.05, 3.63) is 64.4 Å². The molecule has 0 spiro atoms. The van der Waals surface area contributed by atoms with Crippen molar-refractivity contribution in [3.63, 3.8) is 0 Å². The predicted molar refractivity (Wildman–Crippen MR) is 133 cm³/mol. The first-order valence-corrected chi connectivity index (χ1v) is 12.5. The van der Waals surface area contributed by atoms with E-state index in [-0.39, 0.29) is 25.1 Å². The van der Waals surface area contributed by atoms with Gasteiger partial charge in [-0.25, -0.2) is 0 Å². The molecule has 0 unspecified atom stereocenters. The molecule has 0 aliphatic carbocycles. The molecule has 2 atom stereocenters. The van der Waals surface area contributed by atoms with Crippen LogP contribution in [0.15, 0.2) is 48.4 Å². The summed E-state index contributed by atoms with van der Waals surface area (Å²) in [5, 5.41) is 12.4. The molecule has 2 heterocycles. The molecule has 1 N–H and O–H groups in total. The molecule has 3 rings (SSSR count). The van der Waals surface area contributed by atoms with Gasteiger partial charge in [-0.05, 0) is 61.0 Å². The van der Waals surface area contributed by atoms with E-state index in [9.17, 15) is 9.90 Å². The summed E-state index contributed by atoms with van der Waals surface area (Å²) in [5.74, 6) is 0.886. The number of fused-ring (bicyclic) bond motifs is 1. The number of carbonyl (C=O) groups is 1. The van der Waals surface area contributed by atoms with Crippen LogP contribution < -0.4 is 4.74 Å². The second-order valence-electron chi connectivity index (χ2n) is 8.49. The highest BCUT2D eigenvalue weighted by molar-refractivity contribution is 7.10. The lowest BCUT2D eigenvalue weighted by Crippen LogP contribution is -2.48. The summed E-state index contributed by atoms with van der Waals surface area (Å²) in [5.41, 5.74) is 2.33. The van der Waals surface area contributed by atoms with E-state index < -0.39 is 6.10 Å². The van der Waals surface area contributed by atoms with Gasteiger partial charge in [0.1, 0.15) is 12.4 Å². The second-order valence-corrected chi connectivity index (χ2v) is 9.50. The van der Waals surface area contributed by atoms with Crippen molar-refractivity contribution in [2.75, 3.05) is 46.0 Å². The molecule has 33 heavy (non-hydrogen) atoms. The molecule has 1 aromatic heterocycles. The number of nitrogens with zero attached hydrogens (tertiary/aromatic N) is 2. The number of thiophene rings is 1. The summed E-state index contributed by atoms with van der Waals surface area (Å²) < 4.78 is 11.5. The fourth-order valence-corrected chi connectivity index (χ4v) is 5.15. The maximum Gasteiger partial charge on any atom is 0.237 e. The third-order valence-corrected chi connectivity index (χ3v) is 6.72. The van der Waals surface area contributed by atoms with Crippen LogP contribution in [0.5, 0.6) is 5.75 Å². The van der Waals surface area contributed by atoms with E-state index in [1.165, 1.54) is 10.4 Å². The Labute approximate surface area is 201 Å². The van der Waals surface area contributed by atoms with Gasteiger partial charge in [0.05, 0.1) is 31.9 Å². The molecule has 0 saturated heterocycles. The molecule has 7 heteroatoms. The number of amides is 1. The Morgan fingerprint density at radius 3 is 3.03 bits per heavy atom. The van der Waals surface area contributed by atoms with Crippen molar-refractivity contribution in [3.8, 4) is 5.75 Å². The topological polar surface area (TPSA) is 62.2 Å². The van der Waals surface area contributed by atoms with E-state index in [1.54, 1.807) is 17.4 Å². The highest BCUT2D eigenvalue weighted by atomic mass is 32.1. The fourth-order valence-electron chi connectivity index (χ4n) is 4.23. The van der Waals surface area contributed by atoms with Crippen LogP contribution in [0.2, 0.25) is 0 Å². The highest BCUT2D eigenvalue weighted by Crippen LogP contribution is 2.34. The van der Waals surface area contributed by atoms with Gasteiger partial charge in [0, 0.05) is 18.0 Å². The van der Waals surface area contributed by atoms with E-state index >= 15 is 0 Å². The molecule has 1 amide bonds. The third-order valence-electron chi connectivity index (χ3n) is 5.73. The van der Waals surface area contributed by atoms with Gasteiger partial charge in [0.15, 0.2) is 0 Å².